The SMILES string of the molecule is CCCn1ccnc1C(Cc1c(F)cccc1Cl)NC. The van der Waals surface area contributed by atoms with Gasteiger partial charge in [-0.25, -0.2) is 9.37 Å². The maximum Gasteiger partial charge on any atom is 0.127 e. The van der Waals surface area contributed by atoms with E-state index in [4.69, 9.17) is 11.6 Å². The standard InChI is InChI=1S/C15H19ClFN3/c1-3-8-20-9-7-19-15(20)14(18-2)10-11-12(16)5-4-6-13(11)17/h4-7,9,14,18H,3,8,10H2,1-2H3. The smallest absolute Gasteiger partial charge is 0.127 e. The number of benzene rings is 1. The van der Waals surface area contributed by atoms with Gasteiger partial charge in [0.25, 0.3) is 0 Å². The molecule has 1 atom stereocenters. The summed E-state index contributed by atoms with van der Waals surface area (Å²) in [6, 6.07) is 4.71. The molecular formula is C15H19ClFN3. The Hall–Kier alpha value is -1.39. The lowest BCUT2D eigenvalue weighted by Gasteiger charge is -2.18. The van der Waals surface area contributed by atoms with E-state index in [-0.39, 0.29) is 11.9 Å². The van der Waals surface area contributed by atoms with E-state index < -0.39 is 0 Å². The number of aromatic nitrogens is 2. The zero-order valence-electron chi connectivity index (χ0n) is 11.7. The molecule has 20 heavy (non-hydrogen) atoms. The quantitative estimate of drug-likeness (QED) is 0.882. The van der Waals surface area contributed by atoms with E-state index in [9.17, 15) is 4.39 Å². The van der Waals surface area contributed by atoms with E-state index in [2.05, 4.69) is 21.8 Å². The van der Waals surface area contributed by atoms with Crippen molar-refractivity contribution in [2.75, 3.05) is 7.05 Å². The summed E-state index contributed by atoms with van der Waals surface area (Å²) in [6.45, 7) is 3.02. The maximum absolute atomic E-state index is 13.9. The number of hydrogen-bond acceptors (Lipinski definition) is 2. The molecule has 1 aromatic heterocycles. The van der Waals surface area contributed by atoms with Crippen molar-refractivity contribution in [3.05, 3.63) is 52.8 Å². The Morgan fingerprint density at radius 1 is 1.45 bits per heavy atom. The minimum Gasteiger partial charge on any atom is -0.334 e. The summed E-state index contributed by atoms with van der Waals surface area (Å²) < 4.78 is 16.0. The largest absolute Gasteiger partial charge is 0.334 e. The van der Waals surface area contributed by atoms with Crippen molar-refractivity contribution in [1.82, 2.24) is 14.9 Å². The van der Waals surface area contributed by atoms with Gasteiger partial charge in [0.1, 0.15) is 11.6 Å². The second-order valence-electron chi connectivity index (χ2n) is 4.72. The molecule has 108 valence electrons. The molecule has 5 heteroatoms. The molecular weight excluding hydrogens is 277 g/mol. The number of aryl methyl sites for hydroxylation is 1. The van der Waals surface area contributed by atoms with Crippen molar-refractivity contribution >= 4 is 11.6 Å². The number of hydrogen-bond donors (Lipinski definition) is 1. The van der Waals surface area contributed by atoms with Gasteiger partial charge >= 0.3 is 0 Å². The second-order valence-corrected chi connectivity index (χ2v) is 5.13. The third-order valence-electron chi connectivity index (χ3n) is 3.34. The molecule has 0 fully saturated rings. The van der Waals surface area contributed by atoms with Crippen molar-refractivity contribution in [1.29, 1.82) is 0 Å². The van der Waals surface area contributed by atoms with E-state index in [0.29, 0.717) is 17.0 Å². The molecule has 0 spiro atoms. The highest BCUT2D eigenvalue weighted by Crippen LogP contribution is 2.25. The Balaban J connectivity index is 2.27. The van der Waals surface area contributed by atoms with Gasteiger partial charge < -0.3 is 9.88 Å². The van der Waals surface area contributed by atoms with Crippen LogP contribution in [0.5, 0.6) is 0 Å². The summed E-state index contributed by atoms with van der Waals surface area (Å²) in [6.07, 6.45) is 5.23. The molecule has 0 aliphatic carbocycles. The minimum atomic E-state index is -0.272. The number of halogens is 2. The molecule has 0 saturated carbocycles. The Morgan fingerprint density at radius 3 is 2.90 bits per heavy atom. The molecule has 2 rings (SSSR count). The lowest BCUT2D eigenvalue weighted by atomic mass is 10.0. The summed E-state index contributed by atoms with van der Waals surface area (Å²) in [4.78, 5) is 4.40. The lowest BCUT2D eigenvalue weighted by Crippen LogP contribution is -2.23. The van der Waals surface area contributed by atoms with Crippen LogP contribution in [0, 0.1) is 5.82 Å². The molecule has 1 aromatic carbocycles. The predicted molar refractivity (Wildman–Crippen MR) is 79.4 cm³/mol. The molecule has 0 radical (unpaired) electrons. The first-order valence-electron chi connectivity index (χ1n) is 6.78. The van der Waals surface area contributed by atoms with Gasteiger partial charge in [-0.3, -0.25) is 0 Å². The summed E-state index contributed by atoms with van der Waals surface area (Å²) >= 11 is 6.10. The van der Waals surface area contributed by atoms with E-state index in [1.807, 2.05) is 13.2 Å². The van der Waals surface area contributed by atoms with E-state index in [1.165, 1.54) is 6.07 Å². The number of rotatable bonds is 6. The van der Waals surface area contributed by atoms with Gasteiger partial charge in [-0.05, 0) is 32.0 Å². The Kier molecular flexibility index (Phi) is 5.15. The molecule has 0 bridgehead atoms. The van der Waals surface area contributed by atoms with Crippen LogP contribution in [0.25, 0.3) is 0 Å². The molecule has 0 saturated heterocycles. The average Bonchev–Trinajstić information content (AvgIpc) is 2.87. The van der Waals surface area contributed by atoms with Gasteiger partial charge in [-0.15, -0.1) is 0 Å². The van der Waals surface area contributed by atoms with Gasteiger partial charge in [-0.2, -0.15) is 0 Å². The monoisotopic (exact) mass is 295 g/mol. The minimum absolute atomic E-state index is 0.0639. The Morgan fingerprint density at radius 2 is 2.25 bits per heavy atom. The third kappa shape index (κ3) is 3.19. The topological polar surface area (TPSA) is 29.9 Å². The van der Waals surface area contributed by atoms with E-state index in [1.54, 1.807) is 18.3 Å². The Labute approximate surface area is 123 Å². The van der Waals surface area contributed by atoms with Crippen LogP contribution in [-0.2, 0) is 13.0 Å². The zero-order chi connectivity index (χ0) is 14.5. The van der Waals surface area contributed by atoms with Crippen LogP contribution in [0.2, 0.25) is 5.02 Å². The van der Waals surface area contributed by atoms with Gasteiger partial charge in [-0.1, -0.05) is 24.6 Å². The molecule has 1 unspecified atom stereocenters. The van der Waals surface area contributed by atoms with Crippen LogP contribution in [0.1, 0.15) is 30.8 Å². The number of nitrogens with zero attached hydrogens (tertiary/aromatic N) is 2. The fourth-order valence-corrected chi connectivity index (χ4v) is 2.55. The first-order valence-corrected chi connectivity index (χ1v) is 7.16. The molecule has 0 amide bonds. The second kappa shape index (κ2) is 6.86. The van der Waals surface area contributed by atoms with Crippen LogP contribution in [0.3, 0.4) is 0 Å². The number of nitrogens with one attached hydrogen (secondary N) is 1. The molecule has 1 heterocycles. The lowest BCUT2D eigenvalue weighted by molar-refractivity contribution is 0.500. The molecule has 1 N–H and O–H groups in total. The van der Waals surface area contributed by atoms with Crippen LogP contribution in [0.15, 0.2) is 30.6 Å². The van der Waals surface area contributed by atoms with Crippen molar-refractivity contribution in [3.8, 4) is 0 Å². The summed E-state index contributed by atoms with van der Waals surface area (Å²) in [5.74, 6) is 0.639. The molecule has 2 aromatic rings. The summed E-state index contributed by atoms with van der Waals surface area (Å²) in [5, 5.41) is 3.65. The summed E-state index contributed by atoms with van der Waals surface area (Å²) in [7, 11) is 1.85. The van der Waals surface area contributed by atoms with Gasteiger partial charge in [0, 0.05) is 29.5 Å². The third-order valence-corrected chi connectivity index (χ3v) is 3.70. The zero-order valence-corrected chi connectivity index (χ0v) is 12.5. The van der Waals surface area contributed by atoms with Gasteiger partial charge in [0.15, 0.2) is 0 Å². The maximum atomic E-state index is 13.9. The van der Waals surface area contributed by atoms with E-state index >= 15 is 0 Å². The normalized spacial score (nSPS) is 12.6. The van der Waals surface area contributed by atoms with Crippen LogP contribution in [0.4, 0.5) is 4.39 Å². The van der Waals surface area contributed by atoms with Crippen molar-refractivity contribution < 1.29 is 4.39 Å². The fraction of sp³-hybridized carbons (Fsp3) is 0.400. The average molecular weight is 296 g/mol. The molecule has 0 aliphatic rings. The van der Waals surface area contributed by atoms with Crippen molar-refractivity contribution in [3.63, 3.8) is 0 Å². The first kappa shape index (κ1) is 15.0. The van der Waals surface area contributed by atoms with Gasteiger partial charge in [0.2, 0.25) is 0 Å². The highest BCUT2D eigenvalue weighted by molar-refractivity contribution is 6.31. The molecule has 0 aliphatic heterocycles. The summed E-state index contributed by atoms with van der Waals surface area (Å²) in [5.41, 5.74) is 0.527. The van der Waals surface area contributed by atoms with Crippen molar-refractivity contribution in [2.24, 2.45) is 0 Å². The number of imidazole rings is 1. The first-order chi connectivity index (χ1) is 9.67. The molecule has 3 nitrogen and oxygen atoms in total. The number of likely N-dealkylation sites (N-methyl/N-ethyl adjacent to an activating group) is 1. The predicted octanol–water partition coefficient (Wildman–Crippen LogP) is 3.59. The van der Waals surface area contributed by atoms with Crippen molar-refractivity contribution in [2.45, 2.75) is 32.4 Å². The van der Waals surface area contributed by atoms with Crippen LogP contribution < -0.4 is 5.32 Å². The van der Waals surface area contributed by atoms with Crippen LogP contribution >= 0.6 is 11.6 Å². The highest BCUT2D eigenvalue weighted by atomic mass is 35.5. The highest BCUT2D eigenvalue weighted by Gasteiger charge is 2.19. The van der Waals surface area contributed by atoms with Gasteiger partial charge in [0.05, 0.1) is 6.04 Å². The van der Waals surface area contributed by atoms with E-state index in [0.717, 1.165) is 18.8 Å². The Bertz CT molecular complexity index is 548. The fourth-order valence-electron chi connectivity index (χ4n) is 2.31. The van der Waals surface area contributed by atoms with Crippen LogP contribution in [-0.4, -0.2) is 16.6 Å².